The minimum absolute atomic E-state index is 0.104. The number of benzene rings is 7. The number of allylic oxidation sites excluding steroid dienone is 3. The number of nitriles is 2. The lowest BCUT2D eigenvalue weighted by molar-refractivity contribution is 0.542. The molecule has 7 aromatic rings. The highest BCUT2D eigenvalue weighted by molar-refractivity contribution is 7.99. The summed E-state index contributed by atoms with van der Waals surface area (Å²) >= 11 is 1.81. The molecular formula is C54H36N4S. The van der Waals surface area contributed by atoms with E-state index in [0.717, 1.165) is 56.1 Å². The Balaban J connectivity index is 1.19. The van der Waals surface area contributed by atoms with Crippen molar-refractivity contribution in [2.24, 2.45) is 0 Å². The summed E-state index contributed by atoms with van der Waals surface area (Å²) in [5.74, 6) is 0.104. The van der Waals surface area contributed by atoms with Gasteiger partial charge in [0, 0.05) is 38.3 Å². The standard InChI is InChI=1S/C54H36N4S/c1-53-32-14-13-19-44(53)43-33-38(28-31-47(43)58(53)40-15-3-2-4-16-40)54(45-20-7-5-17-41(45)52(36(34-55)35-56)42-18-6-8-21-46(42)54)37-26-29-39(30-27-37)57-48-22-9-11-24-50(48)59-51-25-12-10-23-49(51)57/h2-33,44H,1H3. The van der Waals surface area contributed by atoms with Crippen molar-refractivity contribution < 1.29 is 0 Å². The van der Waals surface area contributed by atoms with Gasteiger partial charge in [0.25, 0.3) is 0 Å². The van der Waals surface area contributed by atoms with E-state index in [-0.39, 0.29) is 17.0 Å². The Morgan fingerprint density at radius 2 is 1.15 bits per heavy atom. The number of fused-ring (bicyclic) bond motifs is 7. The zero-order valence-electron chi connectivity index (χ0n) is 32.2. The second-order valence-corrected chi connectivity index (χ2v) is 16.7. The van der Waals surface area contributed by atoms with Gasteiger partial charge in [-0.1, -0.05) is 151 Å². The second kappa shape index (κ2) is 13.4. The van der Waals surface area contributed by atoms with E-state index in [1.807, 2.05) is 12.1 Å². The lowest BCUT2D eigenvalue weighted by atomic mass is 9.58. The molecule has 2 aliphatic carbocycles. The van der Waals surface area contributed by atoms with Crippen LogP contribution in [-0.2, 0) is 5.41 Å². The molecule has 0 aromatic heterocycles. The van der Waals surface area contributed by atoms with Crippen molar-refractivity contribution in [1.82, 2.24) is 0 Å². The number of anilines is 5. The van der Waals surface area contributed by atoms with Gasteiger partial charge in [-0.15, -0.1) is 0 Å². The molecule has 0 radical (unpaired) electrons. The van der Waals surface area contributed by atoms with Crippen molar-refractivity contribution in [2.75, 3.05) is 9.80 Å². The van der Waals surface area contributed by atoms with Crippen molar-refractivity contribution >= 4 is 45.8 Å². The fraction of sp³-hybridized carbons (Fsp3) is 0.0741. The van der Waals surface area contributed by atoms with E-state index in [1.165, 1.54) is 21.0 Å². The molecule has 4 nitrogen and oxygen atoms in total. The average Bonchev–Trinajstić information content (AvgIpc) is 3.56. The largest absolute Gasteiger partial charge is 0.331 e. The lowest BCUT2D eigenvalue weighted by Crippen LogP contribution is -2.41. The van der Waals surface area contributed by atoms with Crippen molar-refractivity contribution in [3.8, 4) is 12.1 Å². The van der Waals surface area contributed by atoms with Crippen LogP contribution in [0.5, 0.6) is 0 Å². The van der Waals surface area contributed by atoms with Crippen molar-refractivity contribution in [2.45, 2.75) is 33.6 Å². The Morgan fingerprint density at radius 3 is 1.80 bits per heavy atom. The van der Waals surface area contributed by atoms with Crippen LogP contribution in [0.4, 0.5) is 28.4 Å². The molecule has 11 rings (SSSR count). The van der Waals surface area contributed by atoms with Gasteiger partial charge in [-0.2, -0.15) is 10.5 Å². The van der Waals surface area contributed by atoms with Gasteiger partial charge in [0.05, 0.1) is 22.3 Å². The molecule has 0 fully saturated rings. The fourth-order valence-corrected chi connectivity index (χ4v) is 11.3. The van der Waals surface area contributed by atoms with Crippen LogP contribution < -0.4 is 9.80 Å². The molecule has 0 bridgehead atoms. The maximum Gasteiger partial charge on any atom is 0.138 e. The highest BCUT2D eigenvalue weighted by atomic mass is 32.2. The molecule has 0 spiro atoms. The fourth-order valence-electron chi connectivity index (χ4n) is 10.2. The summed E-state index contributed by atoms with van der Waals surface area (Å²) in [6.07, 6.45) is 9.02. The summed E-state index contributed by atoms with van der Waals surface area (Å²) in [5, 5.41) is 20.8. The molecule has 278 valence electrons. The molecule has 2 unspecified atom stereocenters. The first-order chi connectivity index (χ1) is 29.1. The molecule has 4 aliphatic rings. The predicted octanol–water partition coefficient (Wildman–Crippen LogP) is 13.3. The topological polar surface area (TPSA) is 54.1 Å². The summed E-state index contributed by atoms with van der Waals surface area (Å²) in [4.78, 5) is 7.28. The lowest BCUT2D eigenvalue weighted by Gasteiger charge is -2.43. The molecule has 0 N–H and O–H groups in total. The molecule has 0 saturated heterocycles. The Labute approximate surface area is 348 Å². The van der Waals surface area contributed by atoms with Crippen LogP contribution in [0.15, 0.2) is 210 Å². The second-order valence-electron chi connectivity index (χ2n) is 15.6. The van der Waals surface area contributed by atoms with Crippen LogP contribution in [0.25, 0.3) is 5.57 Å². The molecule has 7 aromatic carbocycles. The molecule has 2 atom stereocenters. The number of hydrogen-bond donors (Lipinski definition) is 0. The van der Waals surface area contributed by atoms with Gasteiger partial charge in [0.1, 0.15) is 17.7 Å². The zero-order chi connectivity index (χ0) is 39.7. The third kappa shape index (κ3) is 4.96. The SMILES string of the molecule is CC12C=CC=CC1c1cc(C3(c4ccc(N5c6ccccc6Sc6ccccc65)cc4)c4ccccc4C(=C(C#N)C#N)c4ccccc43)ccc1N2c1ccccc1. The normalized spacial score (nSPS) is 20.3. The van der Waals surface area contributed by atoms with Crippen LogP contribution >= 0.6 is 11.8 Å². The van der Waals surface area contributed by atoms with Crippen molar-refractivity contribution in [1.29, 1.82) is 10.5 Å². The summed E-state index contributed by atoms with van der Waals surface area (Å²) in [5.41, 5.74) is 12.7. The van der Waals surface area contributed by atoms with E-state index in [0.29, 0.717) is 5.57 Å². The van der Waals surface area contributed by atoms with Crippen LogP contribution in [0.2, 0.25) is 0 Å². The first-order valence-corrected chi connectivity index (χ1v) is 20.7. The van der Waals surface area contributed by atoms with E-state index in [9.17, 15) is 10.5 Å². The maximum atomic E-state index is 10.4. The van der Waals surface area contributed by atoms with Crippen molar-refractivity contribution in [3.63, 3.8) is 0 Å². The zero-order valence-corrected chi connectivity index (χ0v) is 33.1. The first-order valence-electron chi connectivity index (χ1n) is 19.9. The molecule has 2 heterocycles. The summed E-state index contributed by atoms with van der Waals surface area (Å²) in [6.45, 7) is 2.34. The number of rotatable bonds is 4. The van der Waals surface area contributed by atoms with Gasteiger partial charge in [-0.05, 0) is 100 Å². The van der Waals surface area contributed by atoms with E-state index >= 15 is 0 Å². The minimum Gasteiger partial charge on any atom is -0.331 e. The van der Waals surface area contributed by atoms with Gasteiger partial charge in [0.2, 0.25) is 0 Å². The quantitative estimate of drug-likeness (QED) is 0.167. The molecule has 5 heteroatoms. The molecular weight excluding hydrogens is 737 g/mol. The molecule has 0 saturated carbocycles. The van der Waals surface area contributed by atoms with Crippen LogP contribution in [0.3, 0.4) is 0 Å². The minimum atomic E-state index is -0.807. The highest BCUT2D eigenvalue weighted by Gasteiger charge is 2.50. The van der Waals surface area contributed by atoms with Crippen LogP contribution in [-0.4, -0.2) is 5.54 Å². The number of para-hydroxylation sites is 3. The molecule has 0 amide bonds. The molecule has 59 heavy (non-hydrogen) atoms. The van der Waals surface area contributed by atoms with Gasteiger partial charge in [-0.25, -0.2) is 0 Å². The average molecular weight is 773 g/mol. The monoisotopic (exact) mass is 772 g/mol. The van der Waals surface area contributed by atoms with E-state index in [4.69, 9.17) is 0 Å². The summed E-state index contributed by atoms with van der Waals surface area (Å²) in [7, 11) is 0. The van der Waals surface area contributed by atoms with Crippen LogP contribution in [0, 0.1) is 22.7 Å². The highest BCUT2D eigenvalue weighted by Crippen LogP contribution is 2.59. The van der Waals surface area contributed by atoms with E-state index in [2.05, 4.69) is 211 Å². The maximum absolute atomic E-state index is 10.4. The third-order valence-electron chi connectivity index (χ3n) is 12.7. The summed E-state index contributed by atoms with van der Waals surface area (Å²) in [6, 6.07) is 65.3. The Kier molecular flexibility index (Phi) is 7.92. The Bertz CT molecular complexity index is 2930. The first kappa shape index (κ1) is 34.9. The smallest absolute Gasteiger partial charge is 0.138 e. The van der Waals surface area contributed by atoms with Crippen molar-refractivity contribution in [3.05, 3.63) is 239 Å². The number of hydrogen-bond acceptors (Lipinski definition) is 5. The third-order valence-corrected chi connectivity index (χ3v) is 13.8. The van der Waals surface area contributed by atoms with Crippen LogP contribution in [0.1, 0.15) is 51.8 Å². The molecule has 2 aliphatic heterocycles. The Hall–Kier alpha value is -7.31. The van der Waals surface area contributed by atoms with E-state index < -0.39 is 5.41 Å². The van der Waals surface area contributed by atoms with Gasteiger partial charge >= 0.3 is 0 Å². The van der Waals surface area contributed by atoms with Gasteiger partial charge in [0.15, 0.2) is 0 Å². The van der Waals surface area contributed by atoms with E-state index in [1.54, 1.807) is 11.8 Å². The van der Waals surface area contributed by atoms with Gasteiger partial charge < -0.3 is 9.80 Å². The Morgan fingerprint density at radius 1 is 0.576 bits per heavy atom. The van der Waals surface area contributed by atoms with Gasteiger partial charge in [-0.3, -0.25) is 0 Å². The predicted molar refractivity (Wildman–Crippen MR) is 239 cm³/mol. The summed E-state index contributed by atoms with van der Waals surface area (Å²) < 4.78 is 0. The number of nitrogens with zero attached hydrogens (tertiary/aromatic N) is 4.